The molecule has 21 heavy (non-hydrogen) atoms. The molecule has 1 aliphatic heterocycles. The number of carbonyl (C=O) groups excluding carboxylic acids is 1. The summed E-state index contributed by atoms with van der Waals surface area (Å²) in [5.41, 5.74) is -1.04. The van der Waals surface area contributed by atoms with E-state index in [1.54, 1.807) is 6.92 Å². The maximum Gasteiger partial charge on any atom is 0.315 e. The highest BCUT2D eigenvalue weighted by Gasteiger charge is 2.47. The van der Waals surface area contributed by atoms with Gasteiger partial charge in [0.25, 0.3) is 0 Å². The summed E-state index contributed by atoms with van der Waals surface area (Å²) in [4.78, 5) is 23.2. The van der Waals surface area contributed by atoms with Crippen LogP contribution in [0.1, 0.15) is 45.4 Å². The second-order valence-electron chi connectivity index (χ2n) is 6.48. The van der Waals surface area contributed by atoms with E-state index >= 15 is 0 Å². The predicted octanol–water partition coefficient (Wildman–Crippen LogP) is 1.75. The Kier molecular flexibility index (Phi) is 5.45. The SMILES string of the molecule is CC1(C(=O)O)COCC1NC(=O)NCCC1CCCCC1. The van der Waals surface area contributed by atoms with Crippen LogP contribution in [-0.2, 0) is 9.53 Å². The van der Waals surface area contributed by atoms with Crippen molar-refractivity contribution in [2.75, 3.05) is 19.8 Å². The highest BCUT2D eigenvalue weighted by Crippen LogP contribution is 2.28. The molecular formula is C15H26N2O4. The number of ether oxygens (including phenoxy) is 1. The molecule has 2 amide bonds. The highest BCUT2D eigenvalue weighted by atomic mass is 16.5. The van der Waals surface area contributed by atoms with E-state index in [-0.39, 0.29) is 19.2 Å². The molecule has 6 heteroatoms. The van der Waals surface area contributed by atoms with Crippen molar-refractivity contribution in [1.82, 2.24) is 10.6 Å². The zero-order valence-corrected chi connectivity index (χ0v) is 12.7. The van der Waals surface area contributed by atoms with Gasteiger partial charge in [0.1, 0.15) is 5.41 Å². The Morgan fingerprint density at radius 2 is 2.00 bits per heavy atom. The van der Waals surface area contributed by atoms with Gasteiger partial charge >= 0.3 is 12.0 Å². The number of amides is 2. The largest absolute Gasteiger partial charge is 0.481 e. The lowest BCUT2D eigenvalue weighted by Crippen LogP contribution is -2.52. The van der Waals surface area contributed by atoms with Crippen LogP contribution in [0.2, 0.25) is 0 Å². The lowest BCUT2D eigenvalue weighted by atomic mass is 9.85. The minimum atomic E-state index is -1.04. The van der Waals surface area contributed by atoms with Gasteiger partial charge in [-0.1, -0.05) is 32.1 Å². The van der Waals surface area contributed by atoms with Gasteiger partial charge in [0.2, 0.25) is 0 Å². The topological polar surface area (TPSA) is 87.7 Å². The zero-order valence-electron chi connectivity index (χ0n) is 12.7. The first-order valence-electron chi connectivity index (χ1n) is 7.88. The van der Waals surface area contributed by atoms with E-state index in [1.165, 1.54) is 32.1 Å². The Morgan fingerprint density at radius 3 is 2.67 bits per heavy atom. The predicted molar refractivity (Wildman–Crippen MR) is 78.1 cm³/mol. The molecule has 1 saturated carbocycles. The van der Waals surface area contributed by atoms with Gasteiger partial charge < -0.3 is 20.5 Å². The van der Waals surface area contributed by atoms with E-state index < -0.39 is 17.4 Å². The molecule has 1 heterocycles. The van der Waals surface area contributed by atoms with Crippen molar-refractivity contribution in [3.63, 3.8) is 0 Å². The first-order chi connectivity index (χ1) is 10.0. The summed E-state index contributed by atoms with van der Waals surface area (Å²) in [6.45, 7) is 2.64. The van der Waals surface area contributed by atoms with Crippen molar-refractivity contribution in [2.45, 2.75) is 51.5 Å². The highest BCUT2D eigenvalue weighted by molar-refractivity contribution is 5.79. The molecule has 2 atom stereocenters. The zero-order chi connectivity index (χ0) is 15.3. The number of urea groups is 1. The van der Waals surface area contributed by atoms with Crippen molar-refractivity contribution in [2.24, 2.45) is 11.3 Å². The number of nitrogens with one attached hydrogen (secondary N) is 2. The average molecular weight is 298 g/mol. The number of carboxylic acid groups (broad SMARTS) is 1. The minimum Gasteiger partial charge on any atom is -0.481 e. The molecule has 0 aromatic heterocycles. The van der Waals surface area contributed by atoms with Crippen LogP contribution < -0.4 is 10.6 Å². The number of aliphatic carboxylic acids is 1. The van der Waals surface area contributed by atoms with Gasteiger partial charge in [-0.05, 0) is 19.3 Å². The summed E-state index contributed by atoms with van der Waals surface area (Å²) in [7, 11) is 0. The summed E-state index contributed by atoms with van der Waals surface area (Å²) >= 11 is 0. The second kappa shape index (κ2) is 7.11. The van der Waals surface area contributed by atoms with E-state index in [0.29, 0.717) is 6.54 Å². The van der Waals surface area contributed by atoms with Gasteiger partial charge in [-0.3, -0.25) is 4.79 Å². The summed E-state index contributed by atoms with van der Waals surface area (Å²) in [5, 5.41) is 14.8. The van der Waals surface area contributed by atoms with Crippen LogP contribution >= 0.6 is 0 Å². The van der Waals surface area contributed by atoms with Crippen LogP contribution in [0.4, 0.5) is 4.79 Å². The maximum atomic E-state index is 11.9. The molecule has 2 unspecified atom stereocenters. The Morgan fingerprint density at radius 1 is 1.29 bits per heavy atom. The number of carboxylic acids is 1. The number of carbonyl (C=O) groups is 2. The maximum absolute atomic E-state index is 11.9. The van der Waals surface area contributed by atoms with Crippen LogP contribution in [0.5, 0.6) is 0 Å². The molecule has 2 aliphatic rings. The Hall–Kier alpha value is -1.30. The molecule has 2 rings (SSSR count). The van der Waals surface area contributed by atoms with Crippen molar-refractivity contribution in [3.05, 3.63) is 0 Å². The van der Waals surface area contributed by atoms with Gasteiger partial charge in [-0.2, -0.15) is 0 Å². The van der Waals surface area contributed by atoms with Crippen molar-refractivity contribution < 1.29 is 19.4 Å². The fraction of sp³-hybridized carbons (Fsp3) is 0.867. The van der Waals surface area contributed by atoms with Crippen LogP contribution in [0, 0.1) is 11.3 Å². The third-order valence-electron chi connectivity index (χ3n) is 4.81. The second-order valence-corrected chi connectivity index (χ2v) is 6.48. The van der Waals surface area contributed by atoms with Crippen molar-refractivity contribution in [1.29, 1.82) is 0 Å². The molecule has 0 bridgehead atoms. The molecule has 0 spiro atoms. The summed E-state index contributed by atoms with van der Waals surface area (Å²) in [6.07, 6.45) is 7.46. The van der Waals surface area contributed by atoms with E-state index in [9.17, 15) is 14.7 Å². The molecule has 0 radical (unpaired) electrons. The number of hydrogen-bond acceptors (Lipinski definition) is 3. The van der Waals surface area contributed by atoms with E-state index in [1.807, 2.05) is 0 Å². The van der Waals surface area contributed by atoms with Gasteiger partial charge in [0.05, 0.1) is 19.3 Å². The van der Waals surface area contributed by atoms with Gasteiger partial charge in [-0.15, -0.1) is 0 Å². The molecule has 1 aliphatic carbocycles. The molecule has 1 saturated heterocycles. The quantitative estimate of drug-likeness (QED) is 0.721. The standard InChI is InChI=1S/C15H26N2O4/c1-15(13(18)19)10-21-9-12(15)17-14(20)16-8-7-11-5-3-2-4-6-11/h11-12H,2-10H2,1H3,(H,18,19)(H2,16,17,20). The first-order valence-corrected chi connectivity index (χ1v) is 7.88. The first kappa shape index (κ1) is 16.1. The Labute approximate surface area is 125 Å². The van der Waals surface area contributed by atoms with E-state index in [4.69, 9.17) is 4.74 Å². The van der Waals surface area contributed by atoms with Crippen LogP contribution in [0.3, 0.4) is 0 Å². The summed E-state index contributed by atoms with van der Waals surface area (Å²) in [6, 6.07) is -0.779. The van der Waals surface area contributed by atoms with Gasteiger partial charge in [0, 0.05) is 6.54 Å². The summed E-state index contributed by atoms with van der Waals surface area (Å²) < 4.78 is 5.21. The number of hydrogen-bond donors (Lipinski definition) is 3. The van der Waals surface area contributed by atoms with Crippen molar-refractivity contribution in [3.8, 4) is 0 Å². The van der Waals surface area contributed by atoms with Crippen LogP contribution in [0.25, 0.3) is 0 Å². The minimum absolute atomic E-state index is 0.134. The third-order valence-corrected chi connectivity index (χ3v) is 4.81. The third kappa shape index (κ3) is 4.09. The fourth-order valence-corrected chi connectivity index (χ4v) is 3.16. The number of rotatable bonds is 5. The van der Waals surface area contributed by atoms with Gasteiger partial charge in [-0.25, -0.2) is 4.79 Å². The van der Waals surface area contributed by atoms with E-state index in [2.05, 4.69) is 10.6 Å². The summed E-state index contributed by atoms with van der Waals surface area (Å²) in [5.74, 6) is -0.217. The van der Waals surface area contributed by atoms with Gasteiger partial charge in [0.15, 0.2) is 0 Å². The molecule has 0 aromatic carbocycles. The molecule has 2 fully saturated rings. The fourth-order valence-electron chi connectivity index (χ4n) is 3.16. The lowest BCUT2D eigenvalue weighted by molar-refractivity contribution is -0.148. The monoisotopic (exact) mass is 298 g/mol. The molecule has 0 aromatic rings. The van der Waals surface area contributed by atoms with Crippen molar-refractivity contribution >= 4 is 12.0 Å². The molecule has 6 nitrogen and oxygen atoms in total. The smallest absolute Gasteiger partial charge is 0.315 e. The Balaban J connectivity index is 1.70. The van der Waals surface area contributed by atoms with Crippen LogP contribution in [-0.4, -0.2) is 42.9 Å². The molecular weight excluding hydrogens is 272 g/mol. The molecule has 120 valence electrons. The lowest BCUT2D eigenvalue weighted by Gasteiger charge is -2.26. The Bertz CT molecular complexity index is 382. The normalized spacial score (nSPS) is 30.0. The average Bonchev–Trinajstić information content (AvgIpc) is 2.83. The van der Waals surface area contributed by atoms with Crippen LogP contribution in [0.15, 0.2) is 0 Å². The van der Waals surface area contributed by atoms with E-state index in [0.717, 1.165) is 12.3 Å². The molecule has 3 N–H and O–H groups in total.